The van der Waals surface area contributed by atoms with Gasteiger partial charge in [0.1, 0.15) is 5.82 Å². The van der Waals surface area contributed by atoms with Gasteiger partial charge < -0.3 is 10.3 Å². The summed E-state index contributed by atoms with van der Waals surface area (Å²) in [5, 5.41) is 7.52. The van der Waals surface area contributed by atoms with Crippen molar-refractivity contribution in [2.45, 2.75) is 53.0 Å². The van der Waals surface area contributed by atoms with E-state index >= 15 is 0 Å². The lowest BCUT2D eigenvalue weighted by Crippen LogP contribution is -2.31. The average molecular weight is 236 g/mol. The van der Waals surface area contributed by atoms with Gasteiger partial charge in [0.25, 0.3) is 0 Å². The summed E-state index contributed by atoms with van der Waals surface area (Å²) in [6, 6.07) is 0. The standard InChI is InChI=1S/C13H24N4/c1-4-6-11-16-8-10-17(11)9-5-7-13(2,3)12(14)15/h8,10H,4-7,9H2,1-3H3,(H3,14,15). The van der Waals surface area contributed by atoms with Crippen molar-refractivity contribution in [1.82, 2.24) is 9.55 Å². The highest BCUT2D eigenvalue weighted by Gasteiger charge is 2.20. The number of nitrogens with two attached hydrogens (primary N) is 1. The molecule has 0 amide bonds. The lowest BCUT2D eigenvalue weighted by molar-refractivity contribution is 0.426. The van der Waals surface area contributed by atoms with Gasteiger partial charge in [0.15, 0.2) is 0 Å². The smallest absolute Gasteiger partial charge is 0.108 e. The van der Waals surface area contributed by atoms with Crippen molar-refractivity contribution in [2.24, 2.45) is 11.1 Å². The van der Waals surface area contributed by atoms with Crippen LogP contribution in [0.25, 0.3) is 0 Å². The minimum absolute atomic E-state index is 0.189. The van der Waals surface area contributed by atoms with E-state index in [4.69, 9.17) is 11.1 Å². The van der Waals surface area contributed by atoms with E-state index in [-0.39, 0.29) is 11.3 Å². The maximum Gasteiger partial charge on any atom is 0.108 e. The SMILES string of the molecule is CCCc1nccn1CCCC(C)(C)C(=N)N. The molecule has 1 rings (SSSR count). The molecule has 4 heteroatoms. The van der Waals surface area contributed by atoms with Crippen molar-refractivity contribution in [1.29, 1.82) is 5.41 Å². The van der Waals surface area contributed by atoms with Crippen LogP contribution in [-0.4, -0.2) is 15.4 Å². The third kappa shape index (κ3) is 3.88. The molecule has 0 aliphatic rings. The zero-order valence-corrected chi connectivity index (χ0v) is 11.2. The Kier molecular flexibility index (Phi) is 4.73. The molecule has 1 aromatic rings. The molecule has 0 radical (unpaired) electrons. The van der Waals surface area contributed by atoms with Crippen molar-refractivity contribution < 1.29 is 0 Å². The predicted molar refractivity (Wildman–Crippen MR) is 71.2 cm³/mol. The molecule has 4 nitrogen and oxygen atoms in total. The highest BCUT2D eigenvalue weighted by atomic mass is 15.1. The Labute approximate surface area is 104 Å². The number of nitrogens with one attached hydrogen (secondary N) is 1. The quantitative estimate of drug-likeness (QED) is 0.564. The second-order valence-electron chi connectivity index (χ2n) is 5.19. The van der Waals surface area contributed by atoms with Gasteiger partial charge in [0.05, 0.1) is 5.84 Å². The first kappa shape index (κ1) is 13.7. The molecule has 3 N–H and O–H groups in total. The number of rotatable bonds is 7. The predicted octanol–water partition coefficient (Wildman–Crippen LogP) is 2.58. The van der Waals surface area contributed by atoms with Gasteiger partial charge in [-0.05, 0) is 19.3 Å². The number of aryl methyl sites for hydroxylation is 2. The van der Waals surface area contributed by atoms with Gasteiger partial charge in [-0.1, -0.05) is 20.8 Å². The van der Waals surface area contributed by atoms with Crippen molar-refractivity contribution >= 4 is 5.84 Å². The summed E-state index contributed by atoms with van der Waals surface area (Å²) >= 11 is 0. The van der Waals surface area contributed by atoms with Gasteiger partial charge in [0, 0.05) is 30.8 Å². The maximum absolute atomic E-state index is 7.52. The Morgan fingerprint density at radius 3 is 2.82 bits per heavy atom. The molecule has 0 unspecified atom stereocenters. The fourth-order valence-electron chi connectivity index (χ4n) is 1.82. The van der Waals surface area contributed by atoms with Gasteiger partial charge in [-0.25, -0.2) is 4.98 Å². The van der Waals surface area contributed by atoms with E-state index in [9.17, 15) is 0 Å². The topological polar surface area (TPSA) is 67.7 Å². The summed E-state index contributed by atoms with van der Waals surface area (Å²) in [5.74, 6) is 1.44. The minimum Gasteiger partial charge on any atom is -0.387 e. The van der Waals surface area contributed by atoms with Crippen LogP contribution in [0.15, 0.2) is 12.4 Å². The minimum atomic E-state index is -0.189. The van der Waals surface area contributed by atoms with E-state index in [1.54, 1.807) is 0 Å². The van der Waals surface area contributed by atoms with Crippen LogP contribution >= 0.6 is 0 Å². The van der Waals surface area contributed by atoms with Crippen LogP contribution in [0.5, 0.6) is 0 Å². The number of imidazole rings is 1. The largest absolute Gasteiger partial charge is 0.387 e. The Hall–Kier alpha value is -1.32. The Morgan fingerprint density at radius 1 is 1.53 bits per heavy atom. The van der Waals surface area contributed by atoms with Crippen molar-refractivity contribution in [3.63, 3.8) is 0 Å². The molecule has 17 heavy (non-hydrogen) atoms. The van der Waals surface area contributed by atoms with E-state index < -0.39 is 0 Å². The molecule has 0 bridgehead atoms. The fourth-order valence-corrected chi connectivity index (χ4v) is 1.82. The summed E-state index contributed by atoms with van der Waals surface area (Å²) in [4.78, 5) is 4.35. The van der Waals surface area contributed by atoms with Crippen LogP contribution < -0.4 is 5.73 Å². The molecular weight excluding hydrogens is 212 g/mol. The van der Waals surface area contributed by atoms with E-state index in [1.165, 1.54) is 0 Å². The summed E-state index contributed by atoms with van der Waals surface area (Å²) in [6.45, 7) is 7.18. The number of amidine groups is 1. The molecular formula is C13H24N4. The molecule has 96 valence electrons. The summed E-state index contributed by atoms with van der Waals surface area (Å²) in [6.07, 6.45) is 8.01. The van der Waals surface area contributed by atoms with Crippen LogP contribution in [0.1, 0.15) is 45.9 Å². The molecule has 0 aromatic carbocycles. The van der Waals surface area contributed by atoms with Crippen LogP contribution in [0, 0.1) is 10.8 Å². The highest BCUT2D eigenvalue weighted by Crippen LogP contribution is 2.22. The molecule has 0 atom stereocenters. The third-order valence-electron chi connectivity index (χ3n) is 3.21. The van der Waals surface area contributed by atoms with Crippen LogP contribution in [0.4, 0.5) is 0 Å². The first-order valence-corrected chi connectivity index (χ1v) is 6.32. The van der Waals surface area contributed by atoms with Gasteiger partial charge in [-0.3, -0.25) is 5.41 Å². The zero-order valence-electron chi connectivity index (χ0n) is 11.2. The summed E-state index contributed by atoms with van der Waals surface area (Å²) in [5.41, 5.74) is 5.38. The molecule has 0 saturated carbocycles. The van der Waals surface area contributed by atoms with Gasteiger partial charge in [0.2, 0.25) is 0 Å². The fraction of sp³-hybridized carbons (Fsp3) is 0.692. The first-order chi connectivity index (χ1) is 7.97. The molecule has 1 heterocycles. The first-order valence-electron chi connectivity index (χ1n) is 6.32. The monoisotopic (exact) mass is 236 g/mol. The van der Waals surface area contributed by atoms with Crippen LogP contribution in [-0.2, 0) is 13.0 Å². The van der Waals surface area contributed by atoms with Gasteiger partial charge in [-0.2, -0.15) is 0 Å². The highest BCUT2D eigenvalue weighted by molar-refractivity contribution is 5.82. The molecule has 0 aliphatic carbocycles. The molecule has 0 aliphatic heterocycles. The van der Waals surface area contributed by atoms with Crippen molar-refractivity contribution in [3.05, 3.63) is 18.2 Å². The molecule has 0 fully saturated rings. The zero-order chi connectivity index (χ0) is 12.9. The second kappa shape index (κ2) is 5.84. The van der Waals surface area contributed by atoms with Crippen LogP contribution in [0.3, 0.4) is 0 Å². The Morgan fingerprint density at radius 2 is 2.24 bits per heavy atom. The summed E-state index contributed by atoms with van der Waals surface area (Å²) < 4.78 is 2.21. The van der Waals surface area contributed by atoms with E-state index in [0.29, 0.717) is 0 Å². The molecule has 0 spiro atoms. The third-order valence-corrected chi connectivity index (χ3v) is 3.21. The van der Waals surface area contributed by atoms with Gasteiger partial charge in [-0.15, -0.1) is 0 Å². The van der Waals surface area contributed by atoms with E-state index in [2.05, 4.69) is 16.5 Å². The molecule has 1 aromatic heterocycles. The lowest BCUT2D eigenvalue weighted by Gasteiger charge is -2.22. The number of hydrogen-bond donors (Lipinski definition) is 2. The van der Waals surface area contributed by atoms with Crippen molar-refractivity contribution in [3.8, 4) is 0 Å². The maximum atomic E-state index is 7.52. The summed E-state index contributed by atoms with van der Waals surface area (Å²) in [7, 11) is 0. The normalized spacial score (nSPS) is 11.7. The molecule has 0 saturated heterocycles. The van der Waals surface area contributed by atoms with E-state index in [0.717, 1.165) is 38.1 Å². The lowest BCUT2D eigenvalue weighted by atomic mass is 9.86. The Balaban J connectivity index is 2.45. The second-order valence-corrected chi connectivity index (χ2v) is 5.19. The van der Waals surface area contributed by atoms with Gasteiger partial charge >= 0.3 is 0 Å². The van der Waals surface area contributed by atoms with E-state index in [1.807, 2.05) is 26.2 Å². The number of aromatic nitrogens is 2. The number of hydrogen-bond acceptors (Lipinski definition) is 2. The number of nitrogens with zero attached hydrogens (tertiary/aromatic N) is 2. The van der Waals surface area contributed by atoms with Crippen molar-refractivity contribution in [2.75, 3.05) is 0 Å². The van der Waals surface area contributed by atoms with Crippen LogP contribution in [0.2, 0.25) is 0 Å². The average Bonchev–Trinajstić information content (AvgIpc) is 2.66. The Bertz CT molecular complexity index is 365.